The summed E-state index contributed by atoms with van der Waals surface area (Å²) in [5, 5.41) is 0. The molecule has 0 saturated carbocycles. The number of alkyl halides is 6. The zero-order valence-corrected chi connectivity index (χ0v) is 8.39. The summed E-state index contributed by atoms with van der Waals surface area (Å²) in [6.45, 7) is 0. The summed E-state index contributed by atoms with van der Waals surface area (Å²) in [7, 11) is 0. The molecule has 3 nitrogen and oxygen atoms in total. The maximum Gasteiger partial charge on any atom is 0.573 e. The minimum atomic E-state index is -5.23. The lowest BCUT2D eigenvalue weighted by Gasteiger charge is -2.12. The third kappa shape index (κ3) is 3.54. The topological polar surface area (TPSA) is 52.3 Å². The van der Waals surface area contributed by atoms with Crippen molar-refractivity contribution in [2.45, 2.75) is 12.5 Å². The van der Waals surface area contributed by atoms with E-state index in [0.29, 0.717) is 12.1 Å². The Morgan fingerprint density at radius 3 is 2.11 bits per heavy atom. The molecule has 0 spiro atoms. The van der Waals surface area contributed by atoms with Crippen LogP contribution in [0.1, 0.15) is 10.4 Å². The predicted octanol–water partition coefficient (Wildman–Crippen LogP) is 2.91. The third-order valence-electron chi connectivity index (χ3n) is 1.76. The molecule has 0 aliphatic rings. The van der Waals surface area contributed by atoms with Gasteiger partial charge in [-0.15, -0.1) is 13.2 Å². The van der Waals surface area contributed by atoms with Crippen LogP contribution in [0.25, 0.3) is 0 Å². The minimum absolute atomic E-state index is 0.290. The fraction of sp³-hybridized carbons (Fsp3) is 0.222. The lowest BCUT2D eigenvalue weighted by molar-refractivity contribution is -0.274. The zero-order valence-electron chi connectivity index (χ0n) is 8.39. The van der Waals surface area contributed by atoms with Crippen molar-refractivity contribution in [3.8, 4) is 5.75 Å². The van der Waals surface area contributed by atoms with Crippen LogP contribution in [-0.4, -0.2) is 18.3 Å². The maximum atomic E-state index is 12.1. The second kappa shape index (κ2) is 4.39. The van der Waals surface area contributed by atoms with Gasteiger partial charge in [0.05, 0.1) is 5.56 Å². The number of halogens is 6. The molecule has 0 aromatic heterocycles. The molecular formula is C9H5F6NO2. The first-order valence-corrected chi connectivity index (χ1v) is 4.27. The average molecular weight is 273 g/mol. The van der Waals surface area contributed by atoms with Crippen molar-refractivity contribution in [2.24, 2.45) is 0 Å². The molecule has 0 aliphatic heterocycles. The van der Waals surface area contributed by atoms with Gasteiger partial charge in [0.2, 0.25) is 0 Å². The van der Waals surface area contributed by atoms with Crippen molar-refractivity contribution in [3.05, 3.63) is 23.8 Å². The van der Waals surface area contributed by atoms with Crippen LogP contribution < -0.4 is 10.5 Å². The Bertz CT molecular complexity index is 465. The van der Waals surface area contributed by atoms with E-state index in [9.17, 15) is 31.1 Å². The molecule has 2 N–H and O–H groups in total. The first kappa shape index (κ1) is 14.1. The molecule has 1 rings (SSSR count). The number of Topliss-reactive ketones (excluding diaryl/α,β-unsaturated/α-hetero) is 1. The Kier molecular flexibility index (Phi) is 3.45. The highest BCUT2D eigenvalue weighted by atomic mass is 19.4. The number of benzene rings is 1. The van der Waals surface area contributed by atoms with Crippen LogP contribution in [0.2, 0.25) is 0 Å². The largest absolute Gasteiger partial charge is 0.573 e. The van der Waals surface area contributed by atoms with E-state index < -0.39 is 35.3 Å². The second-order valence-electron chi connectivity index (χ2n) is 3.12. The normalized spacial score (nSPS) is 12.3. The summed E-state index contributed by atoms with van der Waals surface area (Å²) >= 11 is 0. The van der Waals surface area contributed by atoms with Crippen molar-refractivity contribution in [2.75, 3.05) is 5.73 Å². The van der Waals surface area contributed by atoms with Gasteiger partial charge >= 0.3 is 12.5 Å². The summed E-state index contributed by atoms with van der Waals surface area (Å²) in [6.07, 6.45) is -10.3. The van der Waals surface area contributed by atoms with Crippen LogP contribution in [0.5, 0.6) is 5.75 Å². The summed E-state index contributed by atoms with van der Waals surface area (Å²) in [6, 6.07) is 1.72. The van der Waals surface area contributed by atoms with E-state index in [1.165, 1.54) is 0 Å². The number of hydrogen-bond donors (Lipinski definition) is 1. The van der Waals surface area contributed by atoms with E-state index in [1.54, 1.807) is 0 Å². The van der Waals surface area contributed by atoms with Gasteiger partial charge in [-0.05, 0) is 18.2 Å². The molecule has 1 aromatic rings. The maximum absolute atomic E-state index is 12.1. The summed E-state index contributed by atoms with van der Waals surface area (Å²) in [5.41, 5.74) is 3.41. The number of carbonyl (C=O) groups excluding carboxylic acids is 1. The quantitative estimate of drug-likeness (QED) is 0.512. The third-order valence-corrected chi connectivity index (χ3v) is 1.76. The monoisotopic (exact) mass is 273 g/mol. The highest BCUT2D eigenvalue weighted by molar-refractivity contribution is 6.04. The van der Waals surface area contributed by atoms with E-state index in [0.717, 1.165) is 6.07 Å². The predicted molar refractivity (Wildman–Crippen MR) is 47.9 cm³/mol. The van der Waals surface area contributed by atoms with Crippen LogP contribution in [0.3, 0.4) is 0 Å². The van der Waals surface area contributed by atoms with E-state index in [4.69, 9.17) is 5.73 Å². The lowest BCUT2D eigenvalue weighted by atomic mass is 10.1. The Morgan fingerprint density at radius 2 is 1.67 bits per heavy atom. The number of nitrogens with two attached hydrogens (primary N) is 1. The van der Waals surface area contributed by atoms with Crippen molar-refractivity contribution in [1.82, 2.24) is 0 Å². The highest BCUT2D eigenvalue weighted by Crippen LogP contribution is 2.30. The Balaban J connectivity index is 3.14. The summed E-state index contributed by atoms with van der Waals surface area (Å²) in [5.74, 6) is -3.29. The number of anilines is 1. The van der Waals surface area contributed by atoms with Crippen LogP contribution in [0.4, 0.5) is 32.0 Å². The van der Waals surface area contributed by atoms with Gasteiger partial charge in [-0.3, -0.25) is 4.79 Å². The first-order chi connectivity index (χ1) is 8.00. The zero-order chi connectivity index (χ0) is 14.1. The molecule has 100 valence electrons. The van der Waals surface area contributed by atoms with Gasteiger partial charge in [0, 0.05) is 5.69 Å². The van der Waals surface area contributed by atoms with E-state index in [1.807, 2.05) is 0 Å². The minimum Gasteiger partial charge on any atom is -0.406 e. The van der Waals surface area contributed by atoms with Crippen LogP contribution in [0.15, 0.2) is 18.2 Å². The van der Waals surface area contributed by atoms with Crippen molar-refractivity contribution in [3.63, 3.8) is 0 Å². The summed E-state index contributed by atoms with van der Waals surface area (Å²) < 4.78 is 75.3. The van der Waals surface area contributed by atoms with E-state index in [2.05, 4.69) is 4.74 Å². The highest BCUT2D eigenvalue weighted by Gasteiger charge is 2.41. The SMILES string of the molecule is Nc1ccc(OC(F)(F)F)cc1C(=O)C(F)(F)F. The smallest absolute Gasteiger partial charge is 0.406 e. The molecule has 18 heavy (non-hydrogen) atoms. The molecule has 0 atom stereocenters. The van der Waals surface area contributed by atoms with E-state index in [-0.39, 0.29) is 0 Å². The van der Waals surface area contributed by atoms with Crippen molar-refractivity contribution < 1.29 is 35.9 Å². The van der Waals surface area contributed by atoms with Gasteiger partial charge in [-0.25, -0.2) is 0 Å². The van der Waals surface area contributed by atoms with Crippen molar-refractivity contribution >= 4 is 11.5 Å². The molecule has 0 bridgehead atoms. The Morgan fingerprint density at radius 1 is 1.11 bits per heavy atom. The summed E-state index contributed by atoms with van der Waals surface area (Å²) in [4.78, 5) is 10.9. The number of nitrogen functional groups attached to an aromatic ring is 1. The molecule has 0 amide bonds. The number of carbonyl (C=O) groups is 1. The van der Waals surface area contributed by atoms with E-state index >= 15 is 0 Å². The van der Waals surface area contributed by atoms with Gasteiger partial charge < -0.3 is 10.5 Å². The molecule has 0 unspecified atom stereocenters. The fourth-order valence-electron chi connectivity index (χ4n) is 1.08. The lowest BCUT2D eigenvalue weighted by Crippen LogP contribution is -2.24. The molecule has 9 heteroatoms. The van der Waals surface area contributed by atoms with Crippen LogP contribution in [0, 0.1) is 0 Å². The average Bonchev–Trinajstić information content (AvgIpc) is 2.16. The molecular weight excluding hydrogens is 268 g/mol. The van der Waals surface area contributed by atoms with Gasteiger partial charge in [0.15, 0.2) is 0 Å². The second-order valence-corrected chi connectivity index (χ2v) is 3.12. The number of ketones is 1. The Hall–Kier alpha value is -1.93. The first-order valence-electron chi connectivity index (χ1n) is 4.27. The van der Waals surface area contributed by atoms with Gasteiger partial charge in [-0.1, -0.05) is 0 Å². The fourth-order valence-corrected chi connectivity index (χ4v) is 1.08. The Labute approximate surface area is 96.1 Å². The molecule has 0 aliphatic carbocycles. The number of hydrogen-bond acceptors (Lipinski definition) is 3. The van der Waals surface area contributed by atoms with Gasteiger partial charge in [-0.2, -0.15) is 13.2 Å². The number of rotatable bonds is 2. The molecule has 0 fully saturated rings. The molecule has 1 aromatic carbocycles. The van der Waals surface area contributed by atoms with Gasteiger partial charge in [0.25, 0.3) is 5.78 Å². The number of ether oxygens (including phenoxy) is 1. The van der Waals surface area contributed by atoms with Crippen LogP contribution in [-0.2, 0) is 0 Å². The molecule has 0 heterocycles. The standard InChI is InChI=1S/C9H5F6NO2/c10-8(11,12)7(17)5-3-4(1-2-6(5)16)18-9(13,14)15/h1-3H,16H2. The molecule has 0 radical (unpaired) electrons. The molecule has 0 saturated heterocycles. The van der Waals surface area contributed by atoms with Gasteiger partial charge in [0.1, 0.15) is 5.75 Å². The van der Waals surface area contributed by atoms with Crippen LogP contribution >= 0.6 is 0 Å². The van der Waals surface area contributed by atoms with Crippen molar-refractivity contribution in [1.29, 1.82) is 0 Å².